The molecule has 1 saturated heterocycles. The van der Waals surface area contributed by atoms with E-state index in [1.54, 1.807) is 24.3 Å². The SMILES string of the molecule is N=C(N)NCCC[C@@H]1NC(=O)[C@H](Cc2ccc(O)cc2)NC1=O. The number of hydrogen-bond acceptors (Lipinski definition) is 4. The van der Waals surface area contributed by atoms with Gasteiger partial charge in [0, 0.05) is 13.0 Å². The van der Waals surface area contributed by atoms with Crippen LogP contribution in [0.3, 0.4) is 0 Å². The molecule has 8 nitrogen and oxygen atoms in total. The van der Waals surface area contributed by atoms with Gasteiger partial charge in [0.25, 0.3) is 0 Å². The van der Waals surface area contributed by atoms with Gasteiger partial charge >= 0.3 is 0 Å². The summed E-state index contributed by atoms with van der Waals surface area (Å²) in [5, 5.41) is 24.4. The second kappa shape index (κ2) is 7.48. The Bertz CT molecular complexity index is 587. The zero-order chi connectivity index (χ0) is 16.8. The zero-order valence-corrected chi connectivity index (χ0v) is 12.6. The van der Waals surface area contributed by atoms with Crippen LogP contribution in [0.4, 0.5) is 0 Å². The summed E-state index contributed by atoms with van der Waals surface area (Å²) < 4.78 is 0. The Hall–Kier alpha value is -2.77. The lowest BCUT2D eigenvalue weighted by atomic mass is 10.00. The van der Waals surface area contributed by atoms with Gasteiger partial charge in [-0.25, -0.2) is 0 Å². The number of guanidine groups is 1. The van der Waals surface area contributed by atoms with Gasteiger partial charge in [-0.2, -0.15) is 0 Å². The standard InChI is InChI=1S/C15H21N5O3/c16-15(17)18-7-1-2-11-13(22)20-12(14(23)19-11)8-9-3-5-10(21)6-4-9/h3-6,11-12,21H,1-2,7-8H2,(H,19,23)(H,20,22)(H4,16,17,18)/t11-,12-/m0/s1. The van der Waals surface area contributed by atoms with Gasteiger partial charge in [-0.3, -0.25) is 15.0 Å². The molecule has 2 amide bonds. The summed E-state index contributed by atoms with van der Waals surface area (Å²) in [7, 11) is 0. The number of benzene rings is 1. The summed E-state index contributed by atoms with van der Waals surface area (Å²) in [6.07, 6.45) is 1.46. The van der Waals surface area contributed by atoms with E-state index < -0.39 is 12.1 Å². The number of phenolic OH excluding ortho intramolecular Hbond substituents is 1. The molecule has 0 aromatic heterocycles. The number of amides is 2. The Labute approximate surface area is 134 Å². The highest BCUT2D eigenvalue weighted by Gasteiger charge is 2.33. The Morgan fingerprint density at radius 3 is 2.43 bits per heavy atom. The molecule has 2 rings (SSSR count). The minimum atomic E-state index is -0.612. The number of carbonyl (C=O) groups excluding carboxylic acids is 2. The quantitative estimate of drug-likeness (QED) is 0.231. The number of aromatic hydroxyl groups is 1. The van der Waals surface area contributed by atoms with E-state index in [4.69, 9.17) is 11.1 Å². The largest absolute Gasteiger partial charge is 0.508 e. The van der Waals surface area contributed by atoms with Crippen molar-refractivity contribution in [2.45, 2.75) is 31.3 Å². The monoisotopic (exact) mass is 319 g/mol. The molecule has 0 bridgehead atoms. The second-order valence-corrected chi connectivity index (χ2v) is 5.48. The van der Waals surface area contributed by atoms with E-state index in [0.717, 1.165) is 5.56 Å². The number of carbonyl (C=O) groups is 2. The van der Waals surface area contributed by atoms with E-state index in [-0.39, 0.29) is 23.5 Å². The van der Waals surface area contributed by atoms with Crippen LogP contribution in [-0.4, -0.2) is 41.5 Å². The number of rotatable bonds is 6. The maximum atomic E-state index is 12.1. The van der Waals surface area contributed by atoms with Gasteiger partial charge in [0.2, 0.25) is 11.8 Å². The summed E-state index contributed by atoms with van der Waals surface area (Å²) in [5.74, 6) is -0.389. The molecule has 1 heterocycles. The summed E-state index contributed by atoms with van der Waals surface area (Å²) in [5.41, 5.74) is 6.02. The van der Waals surface area contributed by atoms with Crippen LogP contribution in [0.5, 0.6) is 5.75 Å². The van der Waals surface area contributed by atoms with Gasteiger partial charge in [0.15, 0.2) is 5.96 Å². The average Bonchev–Trinajstić information content (AvgIpc) is 2.50. The highest BCUT2D eigenvalue weighted by Crippen LogP contribution is 2.13. The lowest BCUT2D eigenvalue weighted by Gasteiger charge is -2.29. The van der Waals surface area contributed by atoms with Crippen LogP contribution in [-0.2, 0) is 16.0 Å². The first-order valence-electron chi connectivity index (χ1n) is 7.42. The maximum Gasteiger partial charge on any atom is 0.243 e. The van der Waals surface area contributed by atoms with Gasteiger partial charge in [0.05, 0.1) is 0 Å². The zero-order valence-electron chi connectivity index (χ0n) is 12.6. The lowest BCUT2D eigenvalue weighted by Crippen LogP contribution is -2.62. The molecule has 0 spiro atoms. The molecule has 2 atom stereocenters. The van der Waals surface area contributed by atoms with Crippen molar-refractivity contribution in [3.63, 3.8) is 0 Å². The van der Waals surface area contributed by atoms with E-state index in [1.807, 2.05) is 0 Å². The second-order valence-electron chi connectivity index (χ2n) is 5.48. The highest BCUT2D eigenvalue weighted by atomic mass is 16.3. The molecule has 0 aliphatic carbocycles. The van der Waals surface area contributed by atoms with Crippen molar-refractivity contribution in [3.05, 3.63) is 29.8 Å². The molecule has 1 aliphatic heterocycles. The summed E-state index contributed by atoms with van der Waals surface area (Å²) in [4.78, 5) is 24.2. The topological polar surface area (TPSA) is 140 Å². The van der Waals surface area contributed by atoms with Crippen LogP contribution >= 0.6 is 0 Å². The fraction of sp³-hybridized carbons (Fsp3) is 0.400. The van der Waals surface area contributed by atoms with Crippen LogP contribution < -0.4 is 21.7 Å². The molecule has 1 fully saturated rings. The molecule has 0 saturated carbocycles. The Balaban J connectivity index is 1.84. The van der Waals surface area contributed by atoms with Crippen molar-refractivity contribution in [2.24, 2.45) is 5.73 Å². The van der Waals surface area contributed by atoms with Crippen molar-refractivity contribution in [3.8, 4) is 5.75 Å². The van der Waals surface area contributed by atoms with Gasteiger partial charge < -0.3 is 26.8 Å². The van der Waals surface area contributed by atoms with E-state index >= 15 is 0 Å². The normalized spacial score (nSPS) is 20.5. The summed E-state index contributed by atoms with van der Waals surface area (Å²) in [6, 6.07) is 5.35. The fourth-order valence-electron chi connectivity index (χ4n) is 2.42. The van der Waals surface area contributed by atoms with Crippen molar-refractivity contribution in [2.75, 3.05) is 6.54 Å². The van der Waals surface area contributed by atoms with Gasteiger partial charge in [-0.05, 0) is 30.5 Å². The third kappa shape index (κ3) is 4.87. The Morgan fingerprint density at radius 2 is 1.78 bits per heavy atom. The Morgan fingerprint density at radius 1 is 1.17 bits per heavy atom. The minimum Gasteiger partial charge on any atom is -0.508 e. The number of piperazine rings is 1. The molecular weight excluding hydrogens is 298 g/mol. The fourth-order valence-corrected chi connectivity index (χ4v) is 2.42. The number of phenols is 1. The molecule has 1 aromatic rings. The predicted octanol–water partition coefficient (Wildman–Crippen LogP) is -0.819. The van der Waals surface area contributed by atoms with Gasteiger partial charge in [-0.15, -0.1) is 0 Å². The van der Waals surface area contributed by atoms with Crippen LogP contribution in [0.15, 0.2) is 24.3 Å². The Kier molecular flexibility index (Phi) is 5.40. The van der Waals surface area contributed by atoms with Crippen LogP contribution in [0.2, 0.25) is 0 Å². The third-order valence-electron chi connectivity index (χ3n) is 3.63. The van der Waals surface area contributed by atoms with E-state index in [0.29, 0.717) is 25.8 Å². The molecule has 8 heteroatoms. The summed E-state index contributed by atoms with van der Waals surface area (Å²) in [6.45, 7) is 0.478. The first-order valence-corrected chi connectivity index (χ1v) is 7.42. The molecule has 1 aliphatic rings. The predicted molar refractivity (Wildman–Crippen MR) is 84.8 cm³/mol. The van der Waals surface area contributed by atoms with E-state index in [9.17, 15) is 14.7 Å². The molecule has 124 valence electrons. The maximum absolute atomic E-state index is 12.1. The first-order chi connectivity index (χ1) is 11.0. The molecular formula is C15H21N5O3. The van der Waals surface area contributed by atoms with Crippen molar-refractivity contribution >= 4 is 17.8 Å². The minimum absolute atomic E-state index is 0.115. The van der Waals surface area contributed by atoms with Crippen LogP contribution in [0, 0.1) is 5.41 Å². The number of hydrogen-bond donors (Lipinski definition) is 6. The molecule has 7 N–H and O–H groups in total. The smallest absolute Gasteiger partial charge is 0.243 e. The molecule has 23 heavy (non-hydrogen) atoms. The summed E-state index contributed by atoms with van der Waals surface area (Å²) >= 11 is 0. The molecule has 0 unspecified atom stereocenters. The van der Waals surface area contributed by atoms with Crippen molar-refractivity contribution < 1.29 is 14.7 Å². The van der Waals surface area contributed by atoms with Gasteiger partial charge in [0.1, 0.15) is 17.8 Å². The highest BCUT2D eigenvalue weighted by molar-refractivity contribution is 5.97. The third-order valence-corrected chi connectivity index (χ3v) is 3.63. The first kappa shape index (κ1) is 16.6. The van der Waals surface area contributed by atoms with Gasteiger partial charge in [-0.1, -0.05) is 12.1 Å². The average molecular weight is 319 g/mol. The molecule has 1 aromatic carbocycles. The number of nitrogens with two attached hydrogens (primary N) is 1. The van der Waals surface area contributed by atoms with E-state index in [1.165, 1.54) is 0 Å². The van der Waals surface area contributed by atoms with Crippen LogP contribution in [0.25, 0.3) is 0 Å². The van der Waals surface area contributed by atoms with Crippen molar-refractivity contribution in [1.29, 1.82) is 5.41 Å². The number of nitrogens with one attached hydrogen (secondary N) is 4. The van der Waals surface area contributed by atoms with Crippen LogP contribution in [0.1, 0.15) is 18.4 Å². The van der Waals surface area contributed by atoms with Crippen molar-refractivity contribution in [1.82, 2.24) is 16.0 Å². The molecule has 0 radical (unpaired) electrons. The van der Waals surface area contributed by atoms with E-state index in [2.05, 4.69) is 16.0 Å². The lowest BCUT2D eigenvalue weighted by molar-refractivity contribution is -0.136.